The number of anilines is 1. The average molecular weight is 385 g/mol. The molecule has 2 aliphatic rings. The van der Waals surface area contributed by atoms with Crippen LogP contribution in [0.15, 0.2) is 29.4 Å². The van der Waals surface area contributed by atoms with Crippen LogP contribution in [0, 0.1) is 5.41 Å². The molecule has 1 aromatic heterocycles. The maximum Gasteiger partial charge on any atom is 0.234 e. The number of methoxy groups -OCH3 is 1. The molecule has 7 heteroatoms. The highest BCUT2D eigenvalue weighted by Gasteiger charge is 2.61. The molecule has 142 valence electrons. The SMILES string of the molecule is COc1ccccc1NC(=O)CSc1nnc2c(n1)[C@]1(C)CC[C@@H]2C1(C)C. The van der Waals surface area contributed by atoms with Crippen molar-refractivity contribution >= 4 is 23.4 Å². The standard InChI is InChI=1S/C20H24N4O2S/c1-19(2)12-9-10-20(19,3)17-16(12)23-24-18(22-17)27-11-15(25)21-13-7-5-6-8-14(13)26-4/h5-8,12H,9-11H2,1-4H3,(H,21,25)/t12-,20-/m0/s1. The van der Waals surface area contributed by atoms with Gasteiger partial charge in [-0.3, -0.25) is 4.79 Å². The van der Waals surface area contributed by atoms with Crippen molar-refractivity contribution < 1.29 is 9.53 Å². The van der Waals surface area contributed by atoms with Gasteiger partial charge in [0.1, 0.15) is 5.75 Å². The number of amides is 1. The molecular formula is C20H24N4O2S. The Bertz CT molecular complexity index is 901. The Morgan fingerprint density at radius 3 is 2.85 bits per heavy atom. The lowest BCUT2D eigenvalue weighted by atomic mass is 9.70. The van der Waals surface area contributed by atoms with Crippen LogP contribution in [-0.2, 0) is 10.2 Å². The first-order valence-corrected chi connectivity index (χ1v) is 10.2. The van der Waals surface area contributed by atoms with Crippen LogP contribution < -0.4 is 10.1 Å². The fourth-order valence-electron chi connectivity index (χ4n) is 4.49. The number of fused-ring (bicyclic) bond motifs is 5. The predicted molar refractivity (Wildman–Crippen MR) is 105 cm³/mol. The largest absolute Gasteiger partial charge is 0.495 e. The number of nitrogens with one attached hydrogen (secondary N) is 1. The third kappa shape index (κ3) is 2.79. The molecule has 1 aromatic carbocycles. The summed E-state index contributed by atoms with van der Waals surface area (Å²) in [5.41, 5.74) is 2.98. The molecule has 2 bridgehead atoms. The summed E-state index contributed by atoms with van der Waals surface area (Å²) in [7, 11) is 1.58. The van der Waals surface area contributed by atoms with Crippen molar-refractivity contribution in [3.8, 4) is 5.75 Å². The summed E-state index contributed by atoms with van der Waals surface area (Å²) >= 11 is 1.32. The summed E-state index contributed by atoms with van der Waals surface area (Å²) in [4.78, 5) is 17.1. The van der Waals surface area contributed by atoms with Gasteiger partial charge in [0.05, 0.1) is 29.9 Å². The number of nitrogens with zero attached hydrogens (tertiary/aromatic N) is 3. The number of rotatable bonds is 5. The maximum absolute atomic E-state index is 12.3. The van der Waals surface area contributed by atoms with Gasteiger partial charge in [0.2, 0.25) is 11.1 Å². The third-order valence-corrected chi connectivity index (χ3v) is 7.32. The molecule has 0 radical (unpaired) electrons. The van der Waals surface area contributed by atoms with Crippen LogP contribution in [0.25, 0.3) is 0 Å². The van der Waals surface area contributed by atoms with E-state index in [9.17, 15) is 4.79 Å². The molecule has 0 aliphatic heterocycles. The van der Waals surface area contributed by atoms with E-state index in [0.717, 1.165) is 24.2 Å². The normalized spacial score (nSPS) is 24.5. The highest BCUT2D eigenvalue weighted by atomic mass is 32.2. The number of ether oxygens (including phenoxy) is 1. The zero-order chi connectivity index (χ0) is 19.2. The van der Waals surface area contributed by atoms with Crippen molar-refractivity contribution in [1.29, 1.82) is 0 Å². The van der Waals surface area contributed by atoms with Gasteiger partial charge in [-0.15, -0.1) is 5.10 Å². The fraction of sp³-hybridized carbons (Fsp3) is 0.500. The van der Waals surface area contributed by atoms with E-state index in [1.54, 1.807) is 7.11 Å². The number of para-hydroxylation sites is 2. The van der Waals surface area contributed by atoms with Crippen molar-refractivity contribution in [2.45, 2.75) is 50.1 Å². The topological polar surface area (TPSA) is 77.0 Å². The Balaban J connectivity index is 1.46. The number of benzene rings is 1. The van der Waals surface area contributed by atoms with Crippen LogP contribution in [0.4, 0.5) is 5.69 Å². The Kier molecular flexibility index (Phi) is 4.37. The maximum atomic E-state index is 12.3. The molecular weight excluding hydrogens is 360 g/mol. The minimum absolute atomic E-state index is 0.0396. The van der Waals surface area contributed by atoms with E-state index >= 15 is 0 Å². The summed E-state index contributed by atoms with van der Waals surface area (Å²) in [6.07, 6.45) is 2.29. The minimum Gasteiger partial charge on any atom is -0.495 e. The summed E-state index contributed by atoms with van der Waals surface area (Å²) in [6, 6.07) is 7.35. The summed E-state index contributed by atoms with van der Waals surface area (Å²) in [5, 5.41) is 12.2. The molecule has 2 atom stereocenters. The Morgan fingerprint density at radius 1 is 1.30 bits per heavy atom. The van der Waals surface area contributed by atoms with E-state index in [-0.39, 0.29) is 22.5 Å². The van der Waals surface area contributed by atoms with Gasteiger partial charge in [-0.05, 0) is 30.4 Å². The second kappa shape index (κ2) is 6.48. The molecule has 1 N–H and O–H groups in total. The van der Waals surface area contributed by atoms with Gasteiger partial charge >= 0.3 is 0 Å². The number of carbonyl (C=O) groups excluding carboxylic acids is 1. The first kappa shape index (κ1) is 18.2. The first-order valence-electron chi connectivity index (χ1n) is 9.17. The van der Waals surface area contributed by atoms with Gasteiger partial charge in [0.25, 0.3) is 0 Å². The molecule has 2 aromatic rings. The van der Waals surface area contributed by atoms with E-state index < -0.39 is 0 Å². The molecule has 6 nitrogen and oxygen atoms in total. The third-order valence-electron chi connectivity index (χ3n) is 6.49. The van der Waals surface area contributed by atoms with Gasteiger partial charge in [-0.1, -0.05) is 44.7 Å². The van der Waals surface area contributed by atoms with E-state index in [1.165, 1.54) is 11.8 Å². The summed E-state index contributed by atoms with van der Waals surface area (Å²) in [5.74, 6) is 1.17. The number of aromatic nitrogens is 3. The van der Waals surface area contributed by atoms with E-state index in [2.05, 4.69) is 36.3 Å². The van der Waals surface area contributed by atoms with Crippen molar-refractivity contribution in [3.05, 3.63) is 35.7 Å². The lowest BCUT2D eigenvalue weighted by Gasteiger charge is -2.33. The molecule has 1 fully saturated rings. The molecule has 1 amide bonds. The molecule has 0 unspecified atom stereocenters. The number of hydrogen-bond acceptors (Lipinski definition) is 6. The van der Waals surface area contributed by atoms with E-state index in [4.69, 9.17) is 9.72 Å². The number of thioether (sulfide) groups is 1. The minimum atomic E-state index is -0.123. The lowest BCUT2D eigenvalue weighted by Crippen LogP contribution is -2.32. The van der Waals surface area contributed by atoms with Gasteiger partial charge in [0, 0.05) is 11.3 Å². The van der Waals surface area contributed by atoms with Crippen LogP contribution in [0.1, 0.15) is 50.9 Å². The quantitative estimate of drug-likeness (QED) is 0.791. The number of hydrogen-bond donors (Lipinski definition) is 1. The zero-order valence-corrected chi connectivity index (χ0v) is 16.9. The second-order valence-electron chi connectivity index (χ2n) is 8.01. The molecule has 0 saturated heterocycles. The molecule has 1 saturated carbocycles. The smallest absolute Gasteiger partial charge is 0.234 e. The van der Waals surface area contributed by atoms with Crippen LogP contribution in [-0.4, -0.2) is 34.0 Å². The first-order chi connectivity index (χ1) is 12.9. The van der Waals surface area contributed by atoms with Crippen molar-refractivity contribution in [2.24, 2.45) is 5.41 Å². The van der Waals surface area contributed by atoms with Crippen molar-refractivity contribution in [3.63, 3.8) is 0 Å². The van der Waals surface area contributed by atoms with Gasteiger partial charge in [-0.2, -0.15) is 5.10 Å². The van der Waals surface area contributed by atoms with E-state index in [1.807, 2.05) is 24.3 Å². The Hall–Kier alpha value is -2.15. The van der Waals surface area contributed by atoms with Crippen molar-refractivity contribution in [2.75, 3.05) is 18.2 Å². The van der Waals surface area contributed by atoms with Crippen LogP contribution >= 0.6 is 11.8 Å². The van der Waals surface area contributed by atoms with Crippen LogP contribution in [0.3, 0.4) is 0 Å². The Morgan fingerprint density at radius 2 is 2.07 bits per heavy atom. The van der Waals surface area contributed by atoms with Gasteiger partial charge < -0.3 is 10.1 Å². The van der Waals surface area contributed by atoms with Crippen LogP contribution in [0.5, 0.6) is 5.75 Å². The van der Waals surface area contributed by atoms with Crippen molar-refractivity contribution in [1.82, 2.24) is 15.2 Å². The Labute approximate surface area is 163 Å². The molecule has 27 heavy (non-hydrogen) atoms. The zero-order valence-electron chi connectivity index (χ0n) is 16.1. The van der Waals surface area contributed by atoms with Gasteiger partial charge in [-0.25, -0.2) is 4.98 Å². The molecule has 4 rings (SSSR count). The average Bonchev–Trinajstić information content (AvgIpc) is 2.99. The van der Waals surface area contributed by atoms with Gasteiger partial charge in [0.15, 0.2) is 0 Å². The second-order valence-corrected chi connectivity index (χ2v) is 8.95. The monoisotopic (exact) mass is 384 g/mol. The fourth-order valence-corrected chi connectivity index (χ4v) is 5.07. The highest BCUT2D eigenvalue weighted by Crippen LogP contribution is 2.66. The molecule has 2 aliphatic carbocycles. The summed E-state index contributed by atoms with van der Waals surface area (Å²) in [6.45, 7) is 6.90. The lowest BCUT2D eigenvalue weighted by molar-refractivity contribution is -0.113. The molecule has 0 spiro atoms. The summed E-state index contributed by atoms with van der Waals surface area (Å²) < 4.78 is 5.26. The predicted octanol–water partition coefficient (Wildman–Crippen LogP) is 3.79. The number of carbonyl (C=O) groups is 1. The highest BCUT2D eigenvalue weighted by molar-refractivity contribution is 7.99. The van der Waals surface area contributed by atoms with E-state index in [0.29, 0.717) is 22.5 Å². The molecule has 1 heterocycles. The van der Waals surface area contributed by atoms with Crippen LogP contribution in [0.2, 0.25) is 0 Å².